The van der Waals surface area contributed by atoms with Gasteiger partial charge in [0, 0.05) is 10.9 Å². The maximum atomic E-state index is 5.70. The molecule has 2 atom stereocenters. The van der Waals surface area contributed by atoms with Crippen molar-refractivity contribution in [3.63, 3.8) is 0 Å². The minimum absolute atomic E-state index is 0.0784. The standard InChI is InChI=1S/C13H15BrN2O/c1-8-13(16-12(15)17-8)5-4-9-2-3-11(14)6-10(9)7-13/h2-3,6,8H,4-5,7H2,1H3,(H2,15,16). The van der Waals surface area contributed by atoms with Crippen LogP contribution in [0.15, 0.2) is 27.7 Å². The van der Waals surface area contributed by atoms with Crippen LogP contribution in [0.4, 0.5) is 0 Å². The van der Waals surface area contributed by atoms with E-state index in [0.29, 0.717) is 6.02 Å². The summed E-state index contributed by atoms with van der Waals surface area (Å²) in [5.41, 5.74) is 8.34. The topological polar surface area (TPSA) is 47.6 Å². The molecule has 2 unspecified atom stereocenters. The van der Waals surface area contributed by atoms with Crippen LogP contribution in [0, 0.1) is 0 Å². The Bertz CT molecular complexity index is 500. The normalized spacial score (nSPS) is 30.9. The molecule has 17 heavy (non-hydrogen) atoms. The zero-order chi connectivity index (χ0) is 12.0. The second kappa shape index (κ2) is 3.73. The summed E-state index contributed by atoms with van der Waals surface area (Å²) in [6, 6.07) is 6.83. The van der Waals surface area contributed by atoms with Crippen molar-refractivity contribution in [2.24, 2.45) is 10.7 Å². The molecule has 0 amide bonds. The fraction of sp³-hybridized carbons (Fsp3) is 0.462. The van der Waals surface area contributed by atoms with E-state index in [9.17, 15) is 0 Å². The number of hydrogen-bond donors (Lipinski definition) is 1. The summed E-state index contributed by atoms with van der Waals surface area (Å²) in [5, 5.41) is 0. The quantitative estimate of drug-likeness (QED) is 0.799. The van der Waals surface area contributed by atoms with Gasteiger partial charge in [-0.3, -0.25) is 0 Å². The van der Waals surface area contributed by atoms with Gasteiger partial charge in [0.2, 0.25) is 0 Å². The number of ether oxygens (including phenoxy) is 1. The summed E-state index contributed by atoms with van der Waals surface area (Å²) >= 11 is 3.52. The van der Waals surface area contributed by atoms with Crippen molar-refractivity contribution in [3.05, 3.63) is 33.8 Å². The van der Waals surface area contributed by atoms with Crippen molar-refractivity contribution in [1.82, 2.24) is 0 Å². The molecule has 4 heteroatoms. The minimum Gasteiger partial charge on any atom is -0.460 e. The number of benzene rings is 1. The minimum atomic E-state index is -0.141. The monoisotopic (exact) mass is 294 g/mol. The fourth-order valence-electron chi connectivity index (χ4n) is 2.84. The number of hydrogen-bond acceptors (Lipinski definition) is 3. The Kier molecular flexibility index (Phi) is 2.43. The number of rotatable bonds is 0. The van der Waals surface area contributed by atoms with Crippen LogP contribution in [-0.2, 0) is 17.6 Å². The molecule has 1 heterocycles. The number of amidine groups is 1. The molecule has 3 rings (SSSR count). The molecule has 0 radical (unpaired) electrons. The average molecular weight is 295 g/mol. The zero-order valence-electron chi connectivity index (χ0n) is 9.74. The fourth-order valence-corrected chi connectivity index (χ4v) is 3.25. The number of aliphatic imine (C=N–C) groups is 1. The molecule has 1 aromatic carbocycles. The summed E-state index contributed by atoms with van der Waals surface area (Å²) in [6.07, 6.45) is 3.06. The molecular weight excluding hydrogens is 280 g/mol. The number of nitrogens with two attached hydrogens (primary N) is 1. The first-order valence-electron chi connectivity index (χ1n) is 5.88. The van der Waals surface area contributed by atoms with Crippen LogP contribution in [-0.4, -0.2) is 17.7 Å². The molecule has 1 aliphatic heterocycles. The van der Waals surface area contributed by atoms with Crippen molar-refractivity contribution in [2.75, 3.05) is 0 Å². The van der Waals surface area contributed by atoms with Crippen LogP contribution in [0.2, 0.25) is 0 Å². The molecule has 2 aliphatic rings. The van der Waals surface area contributed by atoms with E-state index in [1.807, 2.05) is 0 Å². The molecule has 0 saturated carbocycles. The smallest absolute Gasteiger partial charge is 0.282 e. The third-order valence-electron chi connectivity index (χ3n) is 3.88. The van der Waals surface area contributed by atoms with E-state index in [1.165, 1.54) is 11.1 Å². The van der Waals surface area contributed by atoms with E-state index < -0.39 is 0 Å². The van der Waals surface area contributed by atoms with Gasteiger partial charge in [-0.05, 0) is 43.0 Å². The van der Waals surface area contributed by atoms with Crippen LogP contribution in [0.1, 0.15) is 24.5 Å². The molecule has 0 bridgehead atoms. The summed E-state index contributed by atoms with van der Waals surface area (Å²) in [7, 11) is 0. The molecule has 2 N–H and O–H groups in total. The van der Waals surface area contributed by atoms with Gasteiger partial charge < -0.3 is 10.5 Å². The first kappa shape index (κ1) is 11.1. The Hall–Kier alpha value is -1.03. The first-order chi connectivity index (χ1) is 8.09. The predicted octanol–water partition coefficient (Wildman–Crippen LogP) is 2.41. The lowest BCUT2D eigenvalue weighted by Crippen LogP contribution is -2.41. The average Bonchev–Trinajstić information content (AvgIpc) is 2.53. The number of nitrogens with zero attached hydrogens (tertiary/aromatic N) is 1. The van der Waals surface area contributed by atoms with Gasteiger partial charge in [0.05, 0.1) is 0 Å². The van der Waals surface area contributed by atoms with Gasteiger partial charge in [0.25, 0.3) is 6.02 Å². The summed E-state index contributed by atoms with van der Waals surface area (Å²) in [4.78, 5) is 4.55. The van der Waals surface area contributed by atoms with Crippen molar-refractivity contribution in [2.45, 2.75) is 37.8 Å². The van der Waals surface area contributed by atoms with Gasteiger partial charge in [0.1, 0.15) is 11.6 Å². The third kappa shape index (κ3) is 1.75. The van der Waals surface area contributed by atoms with Gasteiger partial charge in [-0.1, -0.05) is 22.0 Å². The van der Waals surface area contributed by atoms with E-state index >= 15 is 0 Å². The highest BCUT2D eigenvalue weighted by Crippen LogP contribution is 2.39. The maximum absolute atomic E-state index is 5.70. The van der Waals surface area contributed by atoms with Crippen LogP contribution < -0.4 is 5.73 Å². The number of aryl methyl sites for hydroxylation is 1. The second-order valence-electron chi connectivity index (χ2n) is 4.90. The molecule has 0 saturated heterocycles. The highest BCUT2D eigenvalue weighted by atomic mass is 79.9. The van der Waals surface area contributed by atoms with Gasteiger partial charge in [-0.25, -0.2) is 4.99 Å². The van der Waals surface area contributed by atoms with E-state index in [1.54, 1.807) is 0 Å². The van der Waals surface area contributed by atoms with Gasteiger partial charge in [-0.2, -0.15) is 0 Å². The van der Waals surface area contributed by atoms with Crippen LogP contribution in [0.3, 0.4) is 0 Å². The van der Waals surface area contributed by atoms with Crippen LogP contribution >= 0.6 is 15.9 Å². The Balaban J connectivity index is 1.99. The molecule has 1 aromatic rings. The van der Waals surface area contributed by atoms with Crippen molar-refractivity contribution in [3.8, 4) is 0 Å². The van der Waals surface area contributed by atoms with Gasteiger partial charge in [0.15, 0.2) is 0 Å². The van der Waals surface area contributed by atoms with E-state index in [0.717, 1.165) is 23.7 Å². The lowest BCUT2D eigenvalue weighted by molar-refractivity contribution is 0.140. The Morgan fingerprint density at radius 2 is 2.29 bits per heavy atom. The van der Waals surface area contributed by atoms with Gasteiger partial charge >= 0.3 is 0 Å². The zero-order valence-corrected chi connectivity index (χ0v) is 11.3. The van der Waals surface area contributed by atoms with Crippen molar-refractivity contribution >= 4 is 22.0 Å². The lowest BCUT2D eigenvalue weighted by atomic mass is 9.76. The second-order valence-corrected chi connectivity index (χ2v) is 5.82. The molecule has 0 fully saturated rings. The predicted molar refractivity (Wildman–Crippen MR) is 71.1 cm³/mol. The van der Waals surface area contributed by atoms with Crippen molar-refractivity contribution in [1.29, 1.82) is 0 Å². The van der Waals surface area contributed by atoms with Crippen molar-refractivity contribution < 1.29 is 4.74 Å². The van der Waals surface area contributed by atoms with Gasteiger partial charge in [-0.15, -0.1) is 0 Å². The largest absolute Gasteiger partial charge is 0.460 e. The molecular formula is C13H15BrN2O. The van der Waals surface area contributed by atoms with E-state index in [4.69, 9.17) is 10.5 Å². The summed E-state index contributed by atoms with van der Waals surface area (Å²) < 4.78 is 6.64. The lowest BCUT2D eigenvalue weighted by Gasteiger charge is -2.34. The molecule has 0 aromatic heterocycles. The molecule has 3 nitrogen and oxygen atoms in total. The Morgan fingerprint density at radius 3 is 3.00 bits per heavy atom. The molecule has 1 spiro atoms. The highest BCUT2D eigenvalue weighted by molar-refractivity contribution is 9.10. The molecule has 1 aliphatic carbocycles. The highest BCUT2D eigenvalue weighted by Gasteiger charge is 2.45. The third-order valence-corrected chi connectivity index (χ3v) is 4.37. The number of halogens is 1. The SMILES string of the molecule is CC1OC(N)=NC12CCc1ccc(Br)cc1C2. The van der Waals surface area contributed by atoms with Crippen LogP contribution in [0.25, 0.3) is 0 Å². The Morgan fingerprint density at radius 1 is 1.47 bits per heavy atom. The maximum Gasteiger partial charge on any atom is 0.282 e. The number of fused-ring (bicyclic) bond motifs is 1. The summed E-state index contributed by atoms with van der Waals surface area (Å²) in [6.45, 7) is 2.06. The molecule has 90 valence electrons. The summed E-state index contributed by atoms with van der Waals surface area (Å²) in [5.74, 6) is 0. The first-order valence-corrected chi connectivity index (χ1v) is 6.68. The van der Waals surface area contributed by atoms with Crippen LogP contribution in [0.5, 0.6) is 0 Å². The van der Waals surface area contributed by atoms with E-state index in [-0.39, 0.29) is 11.6 Å². The Labute approximate surface area is 109 Å². The van der Waals surface area contributed by atoms with E-state index in [2.05, 4.69) is 46.0 Å².